The summed E-state index contributed by atoms with van der Waals surface area (Å²) in [7, 11) is 0. The number of hydrogen-bond donors (Lipinski definition) is 1. The molecular formula is C15H27NO. The third-order valence-electron chi connectivity index (χ3n) is 4.05. The zero-order valence-corrected chi connectivity index (χ0v) is 12.0. The van der Waals surface area contributed by atoms with E-state index >= 15 is 0 Å². The fourth-order valence-electron chi connectivity index (χ4n) is 3.10. The molecule has 0 amide bonds. The molecule has 17 heavy (non-hydrogen) atoms. The molecule has 0 fully saturated rings. The minimum Gasteiger partial charge on any atom is -0.328 e. The lowest BCUT2D eigenvalue weighted by atomic mass is 9.63. The van der Waals surface area contributed by atoms with E-state index in [1.54, 1.807) is 0 Å². The van der Waals surface area contributed by atoms with Crippen molar-refractivity contribution in [2.24, 2.45) is 17.1 Å². The number of carbonyl (C=O) groups is 1. The van der Waals surface area contributed by atoms with Crippen LogP contribution in [-0.2, 0) is 4.79 Å². The summed E-state index contributed by atoms with van der Waals surface area (Å²) >= 11 is 0. The molecule has 2 N–H and O–H groups in total. The van der Waals surface area contributed by atoms with Crippen LogP contribution in [0.25, 0.3) is 0 Å². The molecule has 1 rings (SSSR count). The summed E-state index contributed by atoms with van der Waals surface area (Å²) < 4.78 is 0. The Balaban J connectivity index is 3.04. The van der Waals surface area contributed by atoms with E-state index < -0.39 is 0 Å². The lowest BCUT2D eigenvalue weighted by Gasteiger charge is -2.40. The highest BCUT2D eigenvalue weighted by Gasteiger charge is 2.39. The Morgan fingerprint density at radius 3 is 2.59 bits per heavy atom. The van der Waals surface area contributed by atoms with Crippen molar-refractivity contribution in [2.75, 3.05) is 0 Å². The van der Waals surface area contributed by atoms with Gasteiger partial charge in [-0.05, 0) is 38.5 Å². The van der Waals surface area contributed by atoms with Crippen molar-refractivity contribution in [3.8, 4) is 0 Å². The van der Waals surface area contributed by atoms with Crippen LogP contribution in [0.4, 0.5) is 0 Å². The van der Waals surface area contributed by atoms with E-state index in [4.69, 9.17) is 5.73 Å². The summed E-state index contributed by atoms with van der Waals surface area (Å²) in [6.45, 7) is 10.7. The molecule has 2 heteroatoms. The molecule has 0 aromatic carbocycles. The van der Waals surface area contributed by atoms with Crippen molar-refractivity contribution >= 4 is 5.78 Å². The van der Waals surface area contributed by atoms with Gasteiger partial charge < -0.3 is 5.73 Å². The van der Waals surface area contributed by atoms with Crippen LogP contribution in [0, 0.1) is 11.3 Å². The van der Waals surface area contributed by atoms with Crippen molar-refractivity contribution in [1.29, 1.82) is 0 Å². The fourth-order valence-corrected chi connectivity index (χ4v) is 3.10. The van der Waals surface area contributed by atoms with Gasteiger partial charge in [-0.15, -0.1) is 0 Å². The molecule has 0 saturated heterocycles. The molecule has 2 nitrogen and oxygen atoms in total. The van der Waals surface area contributed by atoms with E-state index in [0.29, 0.717) is 12.2 Å². The summed E-state index contributed by atoms with van der Waals surface area (Å²) in [6.07, 6.45) is 3.74. The van der Waals surface area contributed by atoms with E-state index in [1.165, 1.54) is 11.1 Å². The Morgan fingerprint density at radius 1 is 1.53 bits per heavy atom. The summed E-state index contributed by atoms with van der Waals surface area (Å²) in [5.41, 5.74) is 8.66. The Hall–Kier alpha value is -0.630. The van der Waals surface area contributed by atoms with Crippen LogP contribution in [0.15, 0.2) is 11.1 Å². The molecule has 2 unspecified atom stereocenters. The zero-order chi connectivity index (χ0) is 13.2. The van der Waals surface area contributed by atoms with Crippen LogP contribution in [0.3, 0.4) is 0 Å². The quantitative estimate of drug-likeness (QED) is 0.761. The minimum atomic E-state index is -0.0290. The smallest absolute Gasteiger partial charge is 0.142 e. The van der Waals surface area contributed by atoms with E-state index in [-0.39, 0.29) is 17.4 Å². The van der Waals surface area contributed by atoms with Gasteiger partial charge in [0.05, 0.1) is 0 Å². The normalized spacial score (nSPS) is 25.9. The van der Waals surface area contributed by atoms with Crippen molar-refractivity contribution in [3.63, 3.8) is 0 Å². The fraction of sp³-hybridized carbons (Fsp3) is 0.800. The predicted molar refractivity (Wildman–Crippen MR) is 72.8 cm³/mol. The Labute approximate surface area is 106 Å². The Morgan fingerprint density at radius 2 is 2.12 bits per heavy atom. The number of rotatable bonds is 4. The molecule has 98 valence electrons. The van der Waals surface area contributed by atoms with E-state index in [2.05, 4.69) is 27.7 Å². The molecule has 0 aromatic heterocycles. The van der Waals surface area contributed by atoms with Crippen LogP contribution >= 0.6 is 0 Å². The van der Waals surface area contributed by atoms with E-state index in [9.17, 15) is 4.79 Å². The average molecular weight is 237 g/mol. The van der Waals surface area contributed by atoms with Gasteiger partial charge in [-0.25, -0.2) is 0 Å². The maximum Gasteiger partial charge on any atom is 0.142 e. The van der Waals surface area contributed by atoms with Crippen molar-refractivity contribution in [3.05, 3.63) is 11.1 Å². The molecule has 0 spiro atoms. The van der Waals surface area contributed by atoms with E-state index in [0.717, 1.165) is 19.3 Å². The van der Waals surface area contributed by atoms with Gasteiger partial charge in [0, 0.05) is 18.4 Å². The molecule has 0 aromatic rings. The van der Waals surface area contributed by atoms with Crippen LogP contribution in [0.5, 0.6) is 0 Å². The number of hydrogen-bond acceptors (Lipinski definition) is 2. The first-order valence-electron chi connectivity index (χ1n) is 6.76. The number of carbonyl (C=O) groups excluding carboxylic acids is 1. The van der Waals surface area contributed by atoms with Crippen molar-refractivity contribution in [2.45, 2.75) is 66.3 Å². The summed E-state index contributed by atoms with van der Waals surface area (Å²) in [4.78, 5) is 12.4. The monoisotopic (exact) mass is 237 g/mol. The Kier molecular flexibility index (Phi) is 4.54. The number of ketones is 1. The summed E-state index contributed by atoms with van der Waals surface area (Å²) in [5, 5.41) is 0. The van der Waals surface area contributed by atoms with Crippen LogP contribution in [0.1, 0.15) is 60.3 Å². The van der Waals surface area contributed by atoms with Crippen LogP contribution in [0.2, 0.25) is 0 Å². The maximum atomic E-state index is 12.4. The van der Waals surface area contributed by atoms with Crippen molar-refractivity contribution in [1.82, 2.24) is 0 Å². The topological polar surface area (TPSA) is 43.1 Å². The molecule has 0 heterocycles. The lowest BCUT2D eigenvalue weighted by Crippen LogP contribution is -2.38. The maximum absolute atomic E-state index is 12.4. The van der Waals surface area contributed by atoms with Gasteiger partial charge in [-0.3, -0.25) is 4.79 Å². The molecule has 1 aliphatic rings. The lowest BCUT2D eigenvalue weighted by molar-refractivity contribution is -0.125. The van der Waals surface area contributed by atoms with Gasteiger partial charge in [0.2, 0.25) is 0 Å². The number of nitrogens with two attached hydrogens (primary N) is 1. The highest BCUT2D eigenvalue weighted by atomic mass is 16.1. The highest BCUT2D eigenvalue weighted by Crippen LogP contribution is 2.45. The zero-order valence-electron chi connectivity index (χ0n) is 12.0. The van der Waals surface area contributed by atoms with Crippen molar-refractivity contribution < 1.29 is 4.79 Å². The Bertz CT molecular complexity index is 326. The number of allylic oxidation sites excluding steroid dienone is 2. The molecule has 2 atom stereocenters. The molecule has 0 aliphatic heterocycles. The van der Waals surface area contributed by atoms with Crippen LogP contribution < -0.4 is 5.73 Å². The minimum absolute atomic E-state index is 0.0290. The molecule has 1 aliphatic carbocycles. The van der Waals surface area contributed by atoms with Gasteiger partial charge in [0.15, 0.2) is 0 Å². The molecule has 0 bridgehead atoms. The van der Waals surface area contributed by atoms with Crippen LogP contribution in [-0.4, -0.2) is 11.8 Å². The second kappa shape index (κ2) is 5.34. The highest BCUT2D eigenvalue weighted by molar-refractivity contribution is 5.85. The van der Waals surface area contributed by atoms with Gasteiger partial charge in [-0.2, -0.15) is 0 Å². The summed E-state index contributed by atoms with van der Waals surface area (Å²) in [6, 6.07) is -0.0290. The first kappa shape index (κ1) is 14.4. The average Bonchev–Trinajstić information content (AvgIpc) is 2.19. The van der Waals surface area contributed by atoms with E-state index in [1.807, 2.05) is 6.92 Å². The van der Waals surface area contributed by atoms with Gasteiger partial charge in [0.25, 0.3) is 0 Å². The SMILES string of the molecule is CCC1=C(C)CCC(C)(C)C1C(=O)CC(C)N. The first-order valence-corrected chi connectivity index (χ1v) is 6.76. The second-order valence-electron chi connectivity index (χ2n) is 6.23. The summed E-state index contributed by atoms with van der Waals surface area (Å²) in [5.74, 6) is 0.424. The molecule has 0 saturated carbocycles. The molecular weight excluding hydrogens is 210 g/mol. The largest absolute Gasteiger partial charge is 0.328 e. The standard InChI is InChI=1S/C15H27NO/c1-6-12-10(2)7-8-15(4,5)14(12)13(17)9-11(3)16/h11,14H,6-9,16H2,1-5H3. The first-order chi connectivity index (χ1) is 7.79. The van der Waals surface area contributed by atoms with Gasteiger partial charge in [0.1, 0.15) is 5.78 Å². The number of Topliss-reactive ketones (excluding diaryl/α,β-unsaturated/α-hetero) is 1. The third kappa shape index (κ3) is 3.19. The second-order valence-corrected chi connectivity index (χ2v) is 6.23. The third-order valence-corrected chi connectivity index (χ3v) is 4.05. The predicted octanol–water partition coefficient (Wildman–Crippen LogP) is 3.46. The van der Waals surface area contributed by atoms with Gasteiger partial charge >= 0.3 is 0 Å². The van der Waals surface area contributed by atoms with Gasteiger partial charge in [-0.1, -0.05) is 31.9 Å². The molecule has 0 radical (unpaired) electrons.